The second-order valence-corrected chi connectivity index (χ2v) is 7.34. The molecule has 0 atom stereocenters. The van der Waals surface area contributed by atoms with E-state index in [0.29, 0.717) is 56.6 Å². The van der Waals surface area contributed by atoms with Crippen molar-refractivity contribution in [2.45, 2.75) is 31.7 Å². The van der Waals surface area contributed by atoms with Gasteiger partial charge in [-0.05, 0) is 17.0 Å². The number of aromatic nitrogens is 2. The monoisotopic (exact) mass is 416 g/mol. The molecule has 0 radical (unpaired) electrons. The second-order valence-electron chi connectivity index (χ2n) is 7.34. The number of nitrogens with zero attached hydrogens (tertiary/aromatic N) is 2. The average Bonchev–Trinajstić information content (AvgIpc) is 2.82. The van der Waals surface area contributed by atoms with E-state index in [1.807, 2.05) is 60.7 Å². The third-order valence-electron chi connectivity index (χ3n) is 4.93. The van der Waals surface area contributed by atoms with Crippen LogP contribution in [-0.2, 0) is 18.0 Å². The summed E-state index contributed by atoms with van der Waals surface area (Å²) in [5.41, 5.74) is 1.39. The molecule has 4 rings (SSSR count). The highest BCUT2D eigenvalue weighted by Crippen LogP contribution is 2.26. The van der Waals surface area contributed by atoms with Crippen LogP contribution < -0.4 is 9.47 Å². The van der Waals surface area contributed by atoms with Gasteiger partial charge in [0.15, 0.2) is 5.75 Å². The standard InChI is InChI=1S/C25H24N2O4/c28-25(13-15-29-16-14-25)12-11-22-17-23(30-18-20-7-3-1-4-8-20)24(27-26-22)31-19-21-9-5-2-6-10-21/h1-10,17,28H,13-16,18-19H2. The van der Waals surface area contributed by atoms with E-state index in [2.05, 4.69) is 22.0 Å². The Balaban J connectivity index is 1.53. The van der Waals surface area contributed by atoms with Gasteiger partial charge in [0.1, 0.15) is 24.5 Å². The van der Waals surface area contributed by atoms with Crippen LogP contribution >= 0.6 is 0 Å². The first-order valence-electron chi connectivity index (χ1n) is 10.2. The predicted octanol–water partition coefficient (Wildman–Crippen LogP) is 3.53. The fraction of sp³-hybridized carbons (Fsp3) is 0.280. The summed E-state index contributed by atoms with van der Waals surface area (Å²) in [4.78, 5) is 0. The summed E-state index contributed by atoms with van der Waals surface area (Å²) in [5.74, 6) is 6.61. The van der Waals surface area contributed by atoms with Crippen LogP contribution in [-0.4, -0.2) is 34.1 Å². The zero-order valence-corrected chi connectivity index (χ0v) is 17.2. The van der Waals surface area contributed by atoms with E-state index in [1.165, 1.54) is 0 Å². The van der Waals surface area contributed by atoms with Gasteiger partial charge in [0.05, 0.1) is 13.2 Å². The van der Waals surface area contributed by atoms with Crippen molar-refractivity contribution in [1.82, 2.24) is 10.2 Å². The van der Waals surface area contributed by atoms with Crippen LogP contribution in [0.1, 0.15) is 29.7 Å². The summed E-state index contributed by atoms with van der Waals surface area (Å²) in [7, 11) is 0. The lowest BCUT2D eigenvalue weighted by molar-refractivity contribution is -0.0262. The van der Waals surface area contributed by atoms with Crippen LogP contribution in [0.25, 0.3) is 0 Å². The molecule has 0 unspecified atom stereocenters. The van der Waals surface area contributed by atoms with E-state index in [0.717, 1.165) is 11.1 Å². The maximum atomic E-state index is 10.6. The Morgan fingerprint density at radius 1 is 0.871 bits per heavy atom. The summed E-state index contributed by atoms with van der Waals surface area (Å²) in [6.45, 7) is 1.70. The molecule has 31 heavy (non-hydrogen) atoms. The number of rotatable bonds is 6. The van der Waals surface area contributed by atoms with Gasteiger partial charge >= 0.3 is 0 Å². The topological polar surface area (TPSA) is 73.7 Å². The van der Waals surface area contributed by atoms with E-state index >= 15 is 0 Å². The van der Waals surface area contributed by atoms with Crippen LogP contribution in [0.2, 0.25) is 0 Å². The van der Waals surface area contributed by atoms with Crippen molar-refractivity contribution < 1.29 is 19.3 Å². The van der Waals surface area contributed by atoms with Crippen LogP contribution in [0.5, 0.6) is 11.6 Å². The molecule has 1 saturated heterocycles. The van der Waals surface area contributed by atoms with Gasteiger partial charge in [-0.1, -0.05) is 66.6 Å². The molecular formula is C25H24N2O4. The Morgan fingerprint density at radius 2 is 1.48 bits per heavy atom. The highest BCUT2D eigenvalue weighted by Gasteiger charge is 2.27. The number of hydrogen-bond acceptors (Lipinski definition) is 6. The van der Waals surface area contributed by atoms with E-state index < -0.39 is 5.60 Å². The summed E-state index contributed by atoms with van der Waals surface area (Å²) in [6.07, 6.45) is 0.951. The van der Waals surface area contributed by atoms with Crippen molar-refractivity contribution in [1.29, 1.82) is 0 Å². The molecule has 1 aliphatic heterocycles. The molecule has 0 amide bonds. The Kier molecular flexibility index (Phi) is 6.78. The minimum absolute atomic E-state index is 0.301. The largest absolute Gasteiger partial charge is 0.483 e. The molecule has 0 aliphatic carbocycles. The lowest BCUT2D eigenvalue weighted by Crippen LogP contribution is -2.34. The summed E-state index contributed by atoms with van der Waals surface area (Å²) in [5, 5.41) is 18.9. The molecule has 3 aromatic rings. The Bertz CT molecular complexity index is 1040. The molecule has 2 heterocycles. The van der Waals surface area contributed by atoms with Gasteiger partial charge < -0.3 is 19.3 Å². The van der Waals surface area contributed by atoms with Crippen molar-refractivity contribution >= 4 is 0 Å². The quantitative estimate of drug-likeness (QED) is 0.620. The van der Waals surface area contributed by atoms with Crippen molar-refractivity contribution in [2.24, 2.45) is 0 Å². The lowest BCUT2D eigenvalue weighted by atomic mass is 9.95. The molecule has 1 aromatic heterocycles. The first-order valence-corrected chi connectivity index (χ1v) is 10.2. The molecule has 2 aromatic carbocycles. The Hall–Kier alpha value is -3.40. The summed E-state index contributed by atoms with van der Waals surface area (Å²) in [6, 6.07) is 21.4. The molecule has 0 saturated carbocycles. The molecule has 1 fully saturated rings. The van der Waals surface area contributed by atoms with Gasteiger partial charge in [0.2, 0.25) is 0 Å². The number of hydrogen-bond donors (Lipinski definition) is 1. The highest BCUT2D eigenvalue weighted by molar-refractivity contribution is 5.40. The number of ether oxygens (including phenoxy) is 3. The third kappa shape index (κ3) is 6.05. The minimum atomic E-state index is -1.06. The van der Waals surface area contributed by atoms with E-state index in [1.54, 1.807) is 6.07 Å². The van der Waals surface area contributed by atoms with E-state index in [9.17, 15) is 5.11 Å². The predicted molar refractivity (Wildman–Crippen MR) is 115 cm³/mol. The molecule has 1 N–H and O–H groups in total. The third-order valence-corrected chi connectivity index (χ3v) is 4.93. The van der Waals surface area contributed by atoms with Crippen LogP contribution in [0, 0.1) is 11.8 Å². The summed E-state index contributed by atoms with van der Waals surface area (Å²) < 4.78 is 17.2. The van der Waals surface area contributed by atoms with Gasteiger partial charge in [0.25, 0.3) is 5.88 Å². The van der Waals surface area contributed by atoms with E-state index in [4.69, 9.17) is 14.2 Å². The zero-order chi connectivity index (χ0) is 21.4. The Morgan fingerprint density at radius 3 is 2.13 bits per heavy atom. The molecule has 1 aliphatic rings. The second kappa shape index (κ2) is 10.1. The fourth-order valence-electron chi connectivity index (χ4n) is 3.10. The first-order chi connectivity index (χ1) is 15.2. The van der Waals surface area contributed by atoms with Crippen molar-refractivity contribution in [3.8, 4) is 23.5 Å². The van der Waals surface area contributed by atoms with E-state index in [-0.39, 0.29) is 0 Å². The van der Waals surface area contributed by atoms with Crippen LogP contribution in [0.4, 0.5) is 0 Å². The number of aliphatic hydroxyl groups is 1. The molecule has 158 valence electrons. The van der Waals surface area contributed by atoms with Gasteiger partial charge in [-0.15, -0.1) is 10.2 Å². The SMILES string of the molecule is OC1(C#Cc2cc(OCc3ccccc3)c(OCc3ccccc3)nn2)CCOCC1. The van der Waals surface area contributed by atoms with Crippen molar-refractivity contribution in [3.63, 3.8) is 0 Å². The fourth-order valence-corrected chi connectivity index (χ4v) is 3.10. The number of benzene rings is 2. The van der Waals surface area contributed by atoms with Gasteiger partial charge in [-0.3, -0.25) is 0 Å². The van der Waals surface area contributed by atoms with Crippen LogP contribution in [0.3, 0.4) is 0 Å². The minimum Gasteiger partial charge on any atom is -0.483 e. The molecular weight excluding hydrogens is 392 g/mol. The zero-order valence-electron chi connectivity index (χ0n) is 17.2. The van der Waals surface area contributed by atoms with Crippen LogP contribution in [0.15, 0.2) is 66.7 Å². The first kappa shape index (κ1) is 20.9. The average molecular weight is 416 g/mol. The normalized spacial score (nSPS) is 14.9. The maximum Gasteiger partial charge on any atom is 0.276 e. The molecule has 0 bridgehead atoms. The van der Waals surface area contributed by atoms with Gasteiger partial charge in [0, 0.05) is 18.9 Å². The highest BCUT2D eigenvalue weighted by atomic mass is 16.5. The van der Waals surface area contributed by atoms with Crippen molar-refractivity contribution in [3.05, 3.63) is 83.6 Å². The van der Waals surface area contributed by atoms with Gasteiger partial charge in [-0.25, -0.2) is 0 Å². The van der Waals surface area contributed by atoms with Crippen molar-refractivity contribution in [2.75, 3.05) is 13.2 Å². The maximum absolute atomic E-state index is 10.6. The molecule has 6 nitrogen and oxygen atoms in total. The lowest BCUT2D eigenvalue weighted by Gasteiger charge is -2.26. The smallest absolute Gasteiger partial charge is 0.276 e. The summed E-state index contributed by atoms with van der Waals surface area (Å²) >= 11 is 0. The van der Waals surface area contributed by atoms with Gasteiger partial charge in [-0.2, -0.15) is 0 Å². The Labute approximate surface area is 181 Å². The molecule has 0 spiro atoms. The molecule has 6 heteroatoms.